The van der Waals surface area contributed by atoms with Crippen molar-refractivity contribution in [3.63, 3.8) is 0 Å². The highest BCUT2D eigenvalue weighted by atomic mass is 32.2. The third-order valence-corrected chi connectivity index (χ3v) is 4.70. The first-order chi connectivity index (χ1) is 10.5. The van der Waals surface area contributed by atoms with Crippen molar-refractivity contribution in [2.24, 2.45) is 0 Å². The SMILES string of the molecule is CC1SC(c2cccnc2)N(c2c(F)cc(F)cc2F)C1=O. The minimum absolute atomic E-state index is 0.428. The highest BCUT2D eigenvalue weighted by Gasteiger charge is 2.42. The smallest absolute Gasteiger partial charge is 0.241 e. The normalized spacial score (nSPS) is 21.5. The molecular weight excluding hydrogens is 313 g/mol. The Labute approximate surface area is 129 Å². The molecule has 0 saturated carbocycles. The number of carbonyl (C=O) groups is 1. The molecule has 0 radical (unpaired) electrons. The van der Waals surface area contributed by atoms with E-state index in [1.54, 1.807) is 25.3 Å². The van der Waals surface area contributed by atoms with Crippen molar-refractivity contribution in [3.8, 4) is 0 Å². The topological polar surface area (TPSA) is 33.2 Å². The van der Waals surface area contributed by atoms with Crippen LogP contribution in [0, 0.1) is 17.5 Å². The van der Waals surface area contributed by atoms with Crippen LogP contribution >= 0.6 is 11.8 Å². The lowest BCUT2D eigenvalue weighted by Crippen LogP contribution is -2.31. The van der Waals surface area contributed by atoms with Crippen LogP contribution in [-0.4, -0.2) is 16.1 Å². The van der Waals surface area contributed by atoms with E-state index in [-0.39, 0.29) is 0 Å². The number of amides is 1. The molecule has 1 fully saturated rings. The van der Waals surface area contributed by atoms with Crippen LogP contribution in [0.4, 0.5) is 18.9 Å². The Morgan fingerprint density at radius 3 is 2.50 bits per heavy atom. The molecule has 0 bridgehead atoms. The van der Waals surface area contributed by atoms with Gasteiger partial charge in [-0.2, -0.15) is 0 Å². The minimum Gasteiger partial charge on any atom is -0.289 e. The van der Waals surface area contributed by atoms with Crippen LogP contribution in [0.3, 0.4) is 0 Å². The van der Waals surface area contributed by atoms with Gasteiger partial charge in [0.1, 0.15) is 16.9 Å². The van der Waals surface area contributed by atoms with Crippen molar-refractivity contribution in [1.29, 1.82) is 0 Å². The second-order valence-corrected chi connectivity index (χ2v) is 6.27. The molecular formula is C15H11F3N2OS. The molecule has 1 aromatic carbocycles. The molecule has 7 heteroatoms. The lowest BCUT2D eigenvalue weighted by Gasteiger charge is -2.24. The van der Waals surface area contributed by atoms with Crippen molar-refractivity contribution in [2.45, 2.75) is 17.5 Å². The number of rotatable bonds is 2. The number of anilines is 1. The van der Waals surface area contributed by atoms with E-state index in [4.69, 9.17) is 0 Å². The van der Waals surface area contributed by atoms with Crippen LogP contribution in [0.2, 0.25) is 0 Å². The first-order valence-electron chi connectivity index (χ1n) is 6.52. The molecule has 3 nitrogen and oxygen atoms in total. The molecule has 0 aliphatic carbocycles. The van der Waals surface area contributed by atoms with Gasteiger partial charge in [-0.05, 0) is 13.0 Å². The van der Waals surface area contributed by atoms with E-state index < -0.39 is 39.7 Å². The molecule has 22 heavy (non-hydrogen) atoms. The Balaban J connectivity index is 2.12. The zero-order valence-electron chi connectivity index (χ0n) is 11.5. The van der Waals surface area contributed by atoms with Crippen molar-refractivity contribution in [1.82, 2.24) is 4.98 Å². The van der Waals surface area contributed by atoms with Crippen LogP contribution in [-0.2, 0) is 4.79 Å². The maximum Gasteiger partial charge on any atom is 0.241 e. The molecule has 1 aromatic heterocycles. The fourth-order valence-electron chi connectivity index (χ4n) is 2.37. The quantitative estimate of drug-likeness (QED) is 0.845. The molecule has 2 atom stereocenters. The number of benzene rings is 1. The average molecular weight is 324 g/mol. The number of hydrogen-bond donors (Lipinski definition) is 0. The standard InChI is InChI=1S/C15H11F3N2OS/c1-8-14(21)20(13-11(17)5-10(16)6-12(13)18)15(22-8)9-3-2-4-19-7-9/h2-8,15H,1H3. The summed E-state index contributed by atoms with van der Waals surface area (Å²) < 4.78 is 41.2. The molecule has 1 aliphatic rings. The Hall–Kier alpha value is -2.02. The summed E-state index contributed by atoms with van der Waals surface area (Å²) in [5.41, 5.74) is 0.116. The Bertz CT molecular complexity index is 703. The van der Waals surface area contributed by atoms with E-state index in [0.717, 1.165) is 4.90 Å². The van der Waals surface area contributed by atoms with Crippen molar-refractivity contribution in [2.75, 3.05) is 4.90 Å². The van der Waals surface area contributed by atoms with Gasteiger partial charge in [0.15, 0.2) is 11.6 Å². The van der Waals surface area contributed by atoms with Gasteiger partial charge in [-0.1, -0.05) is 6.07 Å². The van der Waals surface area contributed by atoms with Gasteiger partial charge in [-0.25, -0.2) is 13.2 Å². The summed E-state index contributed by atoms with van der Waals surface area (Å²) in [6, 6.07) is 4.54. The summed E-state index contributed by atoms with van der Waals surface area (Å²) >= 11 is 1.26. The number of thioether (sulfide) groups is 1. The van der Waals surface area contributed by atoms with Gasteiger partial charge >= 0.3 is 0 Å². The first kappa shape index (κ1) is 14.9. The van der Waals surface area contributed by atoms with Gasteiger partial charge in [-0.15, -0.1) is 11.8 Å². The molecule has 1 aliphatic heterocycles. The Kier molecular flexibility index (Phi) is 3.82. The van der Waals surface area contributed by atoms with Gasteiger partial charge in [0.2, 0.25) is 5.91 Å². The molecule has 0 N–H and O–H groups in total. The predicted molar refractivity (Wildman–Crippen MR) is 77.8 cm³/mol. The van der Waals surface area contributed by atoms with Crippen molar-refractivity contribution in [3.05, 3.63) is 59.7 Å². The molecule has 2 aromatic rings. The second-order valence-electron chi connectivity index (χ2n) is 4.84. The van der Waals surface area contributed by atoms with Crippen LogP contribution in [0.25, 0.3) is 0 Å². The van der Waals surface area contributed by atoms with E-state index in [1.807, 2.05) is 0 Å². The number of aromatic nitrogens is 1. The predicted octanol–water partition coefficient (Wildman–Crippen LogP) is 3.67. The monoisotopic (exact) mass is 324 g/mol. The largest absolute Gasteiger partial charge is 0.289 e. The maximum absolute atomic E-state index is 14.1. The summed E-state index contributed by atoms with van der Waals surface area (Å²) in [4.78, 5) is 17.3. The third kappa shape index (κ3) is 2.45. The second kappa shape index (κ2) is 5.64. The summed E-state index contributed by atoms with van der Waals surface area (Å²) in [5, 5.41) is -1.07. The summed E-state index contributed by atoms with van der Waals surface area (Å²) in [5.74, 6) is -3.66. The van der Waals surface area contributed by atoms with Gasteiger partial charge in [-0.3, -0.25) is 14.7 Å². The van der Waals surface area contributed by atoms with E-state index >= 15 is 0 Å². The van der Waals surface area contributed by atoms with Crippen LogP contribution in [0.15, 0.2) is 36.7 Å². The van der Waals surface area contributed by atoms with Gasteiger partial charge < -0.3 is 0 Å². The van der Waals surface area contributed by atoms with E-state index in [0.29, 0.717) is 17.7 Å². The van der Waals surface area contributed by atoms with Crippen molar-refractivity contribution < 1.29 is 18.0 Å². The number of halogens is 3. The van der Waals surface area contributed by atoms with E-state index in [9.17, 15) is 18.0 Å². The van der Waals surface area contributed by atoms with Crippen LogP contribution < -0.4 is 4.90 Å². The van der Waals surface area contributed by atoms with Crippen LogP contribution in [0.5, 0.6) is 0 Å². The number of carbonyl (C=O) groups excluding carboxylic acids is 1. The van der Waals surface area contributed by atoms with Gasteiger partial charge in [0.05, 0.1) is 5.25 Å². The van der Waals surface area contributed by atoms with Gasteiger partial charge in [0, 0.05) is 30.1 Å². The molecule has 1 saturated heterocycles. The fourth-order valence-corrected chi connectivity index (χ4v) is 3.61. The summed E-state index contributed by atoms with van der Waals surface area (Å²) in [7, 11) is 0. The third-order valence-electron chi connectivity index (χ3n) is 3.34. The average Bonchev–Trinajstić information content (AvgIpc) is 2.76. The Morgan fingerprint density at radius 1 is 1.23 bits per heavy atom. The molecule has 1 amide bonds. The fraction of sp³-hybridized carbons (Fsp3) is 0.200. The van der Waals surface area contributed by atoms with E-state index in [2.05, 4.69) is 4.98 Å². The van der Waals surface area contributed by atoms with Crippen LogP contribution in [0.1, 0.15) is 17.9 Å². The molecule has 0 spiro atoms. The lowest BCUT2D eigenvalue weighted by molar-refractivity contribution is -0.117. The van der Waals surface area contributed by atoms with Crippen molar-refractivity contribution >= 4 is 23.4 Å². The maximum atomic E-state index is 14.1. The zero-order valence-corrected chi connectivity index (χ0v) is 12.3. The van der Waals surface area contributed by atoms with Gasteiger partial charge in [0.25, 0.3) is 0 Å². The molecule has 2 unspecified atom stereocenters. The molecule has 3 rings (SSSR count). The first-order valence-corrected chi connectivity index (χ1v) is 7.46. The molecule has 2 heterocycles. The molecule has 114 valence electrons. The summed E-state index contributed by atoms with van der Waals surface area (Å²) in [6.07, 6.45) is 3.10. The highest BCUT2D eigenvalue weighted by molar-refractivity contribution is 8.01. The summed E-state index contributed by atoms with van der Waals surface area (Å²) in [6.45, 7) is 1.66. The highest BCUT2D eigenvalue weighted by Crippen LogP contribution is 2.46. The lowest BCUT2D eigenvalue weighted by atomic mass is 10.2. The number of nitrogens with zero attached hydrogens (tertiary/aromatic N) is 2. The number of hydrogen-bond acceptors (Lipinski definition) is 3. The zero-order chi connectivity index (χ0) is 15.9. The Morgan fingerprint density at radius 2 is 1.91 bits per heavy atom. The minimum atomic E-state index is -1.10. The number of pyridine rings is 1. The van der Waals surface area contributed by atoms with E-state index in [1.165, 1.54) is 18.0 Å².